The lowest BCUT2D eigenvalue weighted by Gasteiger charge is -2.08. The van der Waals surface area contributed by atoms with Crippen molar-refractivity contribution in [3.63, 3.8) is 0 Å². The van der Waals surface area contributed by atoms with Gasteiger partial charge in [-0.05, 0) is 40.0 Å². The molecule has 0 saturated heterocycles. The van der Waals surface area contributed by atoms with Gasteiger partial charge in [0.2, 0.25) is 6.79 Å². The van der Waals surface area contributed by atoms with Crippen LogP contribution in [0, 0.1) is 6.92 Å². The molecule has 0 amide bonds. The Bertz CT molecular complexity index is 428. The van der Waals surface area contributed by atoms with E-state index >= 15 is 0 Å². The molecule has 0 bridgehead atoms. The second kappa shape index (κ2) is 3.73. The van der Waals surface area contributed by atoms with Gasteiger partial charge in [0, 0.05) is 0 Å². The lowest BCUT2D eigenvalue weighted by Crippen LogP contribution is -2.02. The second-order valence-electron chi connectivity index (χ2n) is 3.28. The summed E-state index contributed by atoms with van der Waals surface area (Å²) in [5, 5.41) is 8.74. The topological polar surface area (TPSA) is 55.8 Å². The van der Waals surface area contributed by atoms with Crippen LogP contribution in [0.5, 0.6) is 11.5 Å². The molecular weight excluding hydrogens is 264 g/mol. The molecule has 0 aliphatic carbocycles. The highest BCUT2D eigenvalue weighted by Gasteiger charge is 2.22. The van der Waals surface area contributed by atoms with E-state index in [2.05, 4.69) is 15.9 Å². The fourth-order valence-corrected chi connectivity index (χ4v) is 2.12. The summed E-state index contributed by atoms with van der Waals surface area (Å²) >= 11 is 3.32. The molecule has 1 aliphatic heterocycles. The lowest BCUT2D eigenvalue weighted by atomic mass is 10.0. The smallest absolute Gasteiger partial charge is 0.307 e. The SMILES string of the molecule is Cc1c(CC(=O)O)cc(Br)c2c1OCO2. The molecule has 4 nitrogen and oxygen atoms in total. The number of aliphatic carboxylic acids is 1. The molecule has 0 saturated carbocycles. The maximum absolute atomic E-state index is 10.6. The van der Waals surface area contributed by atoms with E-state index in [1.165, 1.54) is 0 Å². The Labute approximate surface area is 94.9 Å². The van der Waals surface area contributed by atoms with Crippen molar-refractivity contribution in [2.45, 2.75) is 13.3 Å². The molecule has 0 unspecified atom stereocenters. The first-order chi connectivity index (χ1) is 7.09. The Morgan fingerprint density at radius 3 is 2.87 bits per heavy atom. The number of carboxylic acid groups (broad SMARTS) is 1. The van der Waals surface area contributed by atoms with Gasteiger partial charge in [-0.15, -0.1) is 0 Å². The molecule has 80 valence electrons. The number of hydrogen-bond donors (Lipinski definition) is 1. The van der Waals surface area contributed by atoms with E-state index in [9.17, 15) is 4.79 Å². The molecule has 1 aliphatic rings. The number of ether oxygens (including phenoxy) is 2. The Balaban J connectivity index is 2.50. The van der Waals surface area contributed by atoms with Crippen LogP contribution in [0.15, 0.2) is 10.5 Å². The highest BCUT2D eigenvalue weighted by Crippen LogP contribution is 2.43. The van der Waals surface area contributed by atoms with Crippen molar-refractivity contribution in [1.82, 2.24) is 0 Å². The Morgan fingerprint density at radius 2 is 2.20 bits per heavy atom. The van der Waals surface area contributed by atoms with E-state index in [0.29, 0.717) is 11.5 Å². The lowest BCUT2D eigenvalue weighted by molar-refractivity contribution is -0.136. The van der Waals surface area contributed by atoms with Crippen LogP contribution in [-0.2, 0) is 11.2 Å². The van der Waals surface area contributed by atoms with Gasteiger partial charge in [-0.25, -0.2) is 0 Å². The van der Waals surface area contributed by atoms with Crippen molar-refractivity contribution in [1.29, 1.82) is 0 Å². The van der Waals surface area contributed by atoms with Gasteiger partial charge in [0.1, 0.15) is 0 Å². The summed E-state index contributed by atoms with van der Waals surface area (Å²) in [5.41, 5.74) is 1.56. The molecule has 1 aromatic carbocycles. The highest BCUT2D eigenvalue weighted by molar-refractivity contribution is 9.10. The predicted molar refractivity (Wildman–Crippen MR) is 56.3 cm³/mol. The zero-order valence-electron chi connectivity index (χ0n) is 8.04. The van der Waals surface area contributed by atoms with Crippen molar-refractivity contribution in [3.05, 3.63) is 21.7 Å². The average Bonchev–Trinajstić information content (AvgIpc) is 2.61. The number of carboxylic acids is 1. The minimum atomic E-state index is -0.858. The van der Waals surface area contributed by atoms with Crippen molar-refractivity contribution >= 4 is 21.9 Å². The largest absolute Gasteiger partial charge is 0.481 e. The number of rotatable bonds is 2. The zero-order chi connectivity index (χ0) is 11.0. The van der Waals surface area contributed by atoms with Crippen molar-refractivity contribution in [2.75, 3.05) is 6.79 Å². The van der Waals surface area contributed by atoms with Crippen LogP contribution in [0.25, 0.3) is 0 Å². The molecule has 1 N–H and O–H groups in total. The zero-order valence-corrected chi connectivity index (χ0v) is 9.63. The molecule has 15 heavy (non-hydrogen) atoms. The first-order valence-corrected chi connectivity index (χ1v) is 5.18. The summed E-state index contributed by atoms with van der Waals surface area (Å²) in [6.45, 7) is 2.02. The van der Waals surface area contributed by atoms with E-state index < -0.39 is 5.97 Å². The van der Waals surface area contributed by atoms with E-state index in [1.807, 2.05) is 6.92 Å². The van der Waals surface area contributed by atoms with Crippen LogP contribution in [0.1, 0.15) is 11.1 Å². The fraction of sp³-hybridized carbons (Fsp3) is 0.300. The summed E-state index contributed by atoms with van der Waals surface area (Å²) in [4.78, 5) is 10.6. The average molecular weight is 273 g/mol. The van der Waals surface area contributed by atoms with Gasteiger partial charge in [0.25, 0.3) is 0 Å². The molecule has 1 heterocycles. The summed E-state index contributed by atoms with van der Waals surface area (Å²) in [6, 6.07) is 1.76. The van der Waals surface area contributed by atoms with E-state index in [-0.39, 0.29) is 13.2 Å². The van der Waals surface area contributed by atoms with E-state index in [4.69, 9.17) is 14.6 Å². The minimum absolute atomic E-state index is 0.0128. The molecule has 0 aromatic heterocycles. The summed E-state index contributed by atoms with van der Waals surface area (Å²) < 4.78 is 11.3. The Kier molecular flexibility index (Phi) is 2.56. The Morgan fingerprint density at radius 1 is 1.53 bits per heavy atom. The van der Waals surface area contributed by atoms with Gasteiger partial charge < -0.3 is 14.6 Å². The monoisotopic (exact) mass is 272 g/mol. The maximum atomic E-state index is 10.6. The van der Waals surface area contributed by atoms with Crippen LogP contribution < -0.4 is 9.47 Å². The summed E-state index contributed by atoms with van der Waals surface area (Å²) in [7, 11) is 0. The van der Waals surface area contributed by atoms with Crippen molar-refractivity contribution < 1.29 is 19.4 Å². The third kappa shape index (κ3) is 1.79. The highest BCUT2D eigenvalue weighted by atomic mass is 79.9. The third-order valence-corrected chi connectivity index (χ3v) is 2.88. The number of carbonyl (C=O) groups is 1. The molecule has 5 heteroatoms. The number of halogens is 1. The normalized spacial score (nSPS) is 12.9. The van der Waals surface area contributed by atoms with Crippen LogP contribution >= 0.6 is 15.9 Å². The third-order valence-electron chi connectivity index (χ3n) is 2.29. The molecule has 0 radical (unpaired) electrons. The van der Waals surface area contributed by atoms with Gasteiger partial charge in [0.15, 0.2) is 11.5 Å². The fourth-order valence-electron chi connectivity index (χ4n) is 1.55. The first kappa shape index (κ1) is 10.3. The van der Waals surface area contributed by atoms with Gasteiger partial charge in [0.05, 0.1) is 10.9 Å². The number of hydrogen-bond acceptors (Lipinski definition) is 3. The Hall–Kier alpha value is -1.23. The van der Waals surface area contributed by atoms with Crippen LogP contribution in [0.2, 0.25) is 0 Å². The van der Waals surface area contributed by atoms with Gasteiger partial charge >= 0.3 is 5.97 Å². The number of benzene rings is 1. The first-order valence-electron chi connectivity index (χ1n) is 4.39. The molecule has 0 atom stereocenters. The summed E-state index contributed by atoms with van der Waals surface area (Å²) in [6.07, 6.45) is -0.0128. The van der Waals surface area contributed by atoms with Gasteiger partial charge in [-0.2, -0.15) is 0 Å². The minimum Gasteiger partial charge on any atom is -0.481 e. The van der Waals surface area contributed by atoms with Gasteiger partial charge in [-0.3, -0.25) is 4.79 Å². The summed E-state index contributed by atoms with van der Waals surface area (Å²) in [5.74, 6) is 0.436. The predicted octanol–water partition coefficient (Wildman–Crippen LogP) is 2.11. The van der Waals surface area contributed by atoms with Crippen molar-refractivity contribution in [2.24, 2.45) is 0 Å². The molecule has 2 rings (SSSR count). The van der Waals surface area contributed by atoms with Crippen LogP contribution in [0.3, 0.4) is 0 Å². The number of fused-ring (bicyclic) bond motifs is 1. The van der Waals surface area contributed by atoms with Crippen LogP contribution in [0.4, 0.5) is 0 Å². The molecule has 0 spiro atoms. The van der Waals surface area contributed by atoms with Crippen LogP contribution in [-0.4, -0.2) is 17.9 Å². The molecule has 1 aromatic rings. The molecule has 0 fully saturated rings. The molecular formula is C10H9BrO4. The second-order valence-corrected chi connectivity index (χ2v) is 4.13. The quantitative estimate of drug-likeness (QED) is 0.896. The van der Waals surface area contributed by atoms with E-state index in [1.54, 1.807) is 6.07 Å². The standard InChI is InChI=1S/C10H9BrO4/c1-5-6(3-8(12)13)2-7(11)10-9(5)14-4-15-10/h2H,3-4H2,1H3,(H,12,13). The maximum Gasteiger partial charge on any atom is 0.307 e. The van der Waals surface area contributed by atoms with Crippen molar-refractivity contribution in [3.8, 4) is 11.5 Å². The van der Waals surface area contributed by atoms with E-state index in [0.717, 1.165) is 15.6 Å². The van der Waals surface area contributed by atoms with Gasteiger partial charge in [-0.1, -0.05) is 0 Å².